The fourth-order valence-electron chi connectivity index (χ4n) is 3.36. The van der Waals surface area contributed by atoms with Crippen LogP contribution in [0, 0.1) is 6.92 Å². The molecule has 3 heterocycles. The lowest BCUT2D eigenvalue weighted by Gasteiger charge is -2.35. The highest BCUT2D eigenvalue weighted by Crippen LogP contribution is 2.16. The molecule has 7 nitrogen and oxygen atoms in total. The van der Waals surface area contributed by atoms with Crippen molar-refractivity contribution >= 4 is 11.7 Å². The van der Waals surface area contributed by atoms with Gasteiger partial charge in [0.2, 0.25) is 0 Å². The fraction of sp³-hybridized carbons (Fsp3) is 0.333. The zero-order valence-electron chi connectivity index (χ0n) is 16.2. The van der Waals surface area contributed by atoms with Crippen LogP contribution in [-0.4, -0.2) is 57.0 Å². The van der Waals surface area contributed by atoms with Gasteiger partial charge in [-0.15, -0.1) is 10.2 Å². The van der Waals surface area contributed by atoms with Gasteiger partial charge in [-0.05, 0) is 49.2 Å². The van der Waals surface area contributed by atoms with Crippen molar-refractivity contribution in [2.24, 2.45) is 0 Å². The van der Waals surface area contributed by atoms with Crippen molar-refractivity contribution in [2.45, 2.75) is 20.3 Å². The number of carbonyl (C=O) groups is 1. The van der Waals surface area contributed by atoms with Crippen LogP contribution in [0.3, 0.4) is 0 Å². The molecule has 1 aromatic carbocycles. The summed E-state index contributed by atoms with van der Waals surface area (Å²) in [4.78, 5) is 16.8. The van der Waals surface area contributed by atoms with Crippen LogP contribution in [0.15, 0.2) is 48.7 Å². The highest BCUT2D eigenvalue weighted by atomic mass is 16.2. The Balaban J connectivity index is 1.37. The lowest BCUT2D eigenvalue weighted by atomic mass is 10.1. The van der Waals surface area contributed by atoms with Crippen LogP contribution in [0.25, 0.3) is 5.82 Å². The first-order valence-electron chi connectivity index (χ1n) is 9.63. The first-order chi connectivity index (χ1) is 13.6. The van der Waals surface area contributed by atoms with Crippen molar-refractivity contribution in [3.8, 4) is 5.82 Å². The summed E-state index contributed by atoms with van der Waals surface area (Å²) in [5.74, 6) is 1.62. The van der Waals surface area contributed by atoms with E-state index >= 15 is 0 Å². The number of nitrogens with zero attached hydrogens (tertiary/aromatic N) is 6. The molecule has 7 heteroatoms. The van der Waals surface area contributed by atoms with E-state index in [1.54, 1.807) is 4.68 Å². The van der Waals surface area contributed by atoms with Gasteiger partial charge in [0.15, 0.2) is 11.6 Å². The summed E-state index contributed by atoms with van der Waals surface area (Å²) in [5, 5.41) is 13.0. The summed E-state index contributed by atoms with van der Waals surface area (Å²) >= 11 is 0. The molecule has 0 spiro atoms. The molecule has 1 saturated heterocycles. The van der Waals surface area contributed by atoms with Crippen LogP contribution < -0.4 is 4.90 Å². The van der Waals surface area contributed by atoms with Crippen LogP contribution in [-0.2, 0) is 6.42 Å². The number of hydrogen-bond donors (Lipinski definition) is 0. The number of anilines is 1. The van der Waals surface area contributed by atoms with E-state index < -0.39 is 0 Å². The molecule has 2 aromatic heterocycles. The maximum absolute atomic E-state index is 12.7. The number of amides is 1. The van der Waals surface area contributed by atoms with Crippen LogP contribution in [0.4, 0.5) is 5.82 Å². The number of piperazine rings is 1. The minimum absolute atomic E-state index is 0.0952. The van der Waals surface area contributed by atoms with E-state index in [-0.39, 0.29) is 5.91 Å². The van der Waals surface area contributed by atoms with Gasteiger partial charge in [-0.25, -0.2) is 4.68 Å². The van der Waals surface area contributed by atoms with Gasteiger partial charge in [0.05, 0.1) is 5.69 Å². The predicted molar refractivity (Wildman–Crippen MR) is 108 cm³/mol. The quantitative estimate of drug-likeness (QED) is 0.700. The maximum Gasteiger partial charge on any atom is 0.253 e. The second-order valence-electron chi connectivity index (χ2n) is 6.98. The lowest BCUT2D eigenvalue weighted by molar-refractivity contribution is 0.0746. The number of aromatic nitrogens is 4. The highest BCUT2D eigenvalue weighted by Gasteiger charge is 2.23. The predicted octanol–water partition coefficient (Wildman–Crippen LogP) is 2.50. The smallest absolute Gasteiger partial charge is 0.253 e. The average molecular weight is 376 g/mol. The van der Waals surface area contributed by atoms with E-state index in [4.69, 9.17) is 0 Å². The van der Waals surface area contributed by atoms with Crippen molar-refractivity contribution in [2.75, 3.05) is 31.1 Å². The van der Waals surface area contributed by atoms with Crippen LogP contribution in [0.1, 0.15) is 28.5 Å². The minimum Gasteiger partial charge on any atom is -0.352 e. The topological polar surface area (TPSA) is 67.2 Å². The van der Waals surface area contributed by atoms with Crippen molar-refractivity contribution in [3.05, 3.63) is 65.5 Å². The molecule has 144 valence electrons. The number of carbonyl (C=O) groups excluding carboxylic acids is 1. The molecule has 1 fully saturated rings. The Morgan fingerprint density at radius 2 is 1.61 bits per heavy atom. The Kier molecular flexibility index (Phi) is 5.06. The van der Waals surface area contributed by atoms with E-state index in [0.29, 0.717) is 18.9 Å². The zero-order valence-corrected chi connectivity index (χ0v) is 16.2. The zero-order chi connectivity index (χ0) is 19.5. The molecule has 3 aromatic rings. The molecule has 4 rings (SSSR count). The van der Waals surface area contributed by atoms with E-state index in [0.717, 1.165) is 36.6 Å². The van der Waals surface area contributed by atoms with Gasteiger partial charge in [-0.3, -0.25) is 4.79 Å². The lowest BCUT2D eigenvalue weighted by Crippen LogP contribution is -2.49. The molecule has 0 saturated carbocycles. The van der Waals surface area contributed by atoms with Gasteiger partial charge in [0.1, 0.15) is 0 Å². The van der Waals surface area contributed by atoms with Crippen molar-refractivity contribution < 1.29 is 4.79 Å². The molecule has 0 bridgehead atoms. The van der Waals surface area contributed by atoms with Gasteiger partial charge >= 0.3 is 0 Å². The number of rotatable bonds is 4. The highest BCUT2D eigenvalue weighted by molar-refractivity contribution is 5.94. The molecule has 1 aliphatic heterocycles. The Morgan fingerprint density at radius 1 is 0.929 bits per heavy atom. The number of benzene rings is 1. The van der Waals surface area contributed by atoms with Crippen molar-refractivity contribution in [1.29, 1.82) is 0 Å². The second kappa shape index (κ2) is 7.80. The molecule has 1 amide bonds. The summed E-state index contributed by atoms with van der Waals surface area (Å²) in [5.41, 5.74) is 2.94. The third-order valence-electron chi connectivity index (χ3n) is 5.09. The summed E-state index contributed by atoms with van der Waals surface area (Å²) in [6.45, 7) is 6.90. The molecule has 0 aliphatic carbocycles. The Bertz CT molecular complexity index is 940. The van der Waals surface area contributed by atoms with Crippen molar-refractivity contribution in [3.63, 3.8) is 0 Å². The fourth-order valence-corrected chi connectivity index (χ4v) is 3.36. The first-order valence-corrected chi connectivity index (χ1v) is 9.63. The Hall–Kier alpha value is -3.22. The molecule has 0 N–H and O–H groups in total. The van der Waals surface area contributed by atoms with Crippen LogP contribution >= 0.6 is 0 Å². The molecular formula is C21H24N6O. The summed E-state index contributed by atoms with van der Waals surface area (Å²) in [6.07, 6.45) is 2.85. The third kappa shape index (κ3) is 3.74. The van der Waals surface area contributed by atoms with Gasteiger partial charge in [0, 0.05) is 37.9 Å². The number of hydrogen-bond acceptors (Lipinski definition) is 5. The maximum atomic E-state index is 12.7. The van der Waals surface area contributed by atoms with Gasteiger partial charge in [0.25, 0.3) is 5.91 Å². The monoisotopic (exact) mass is 376 g/mol. The first kappa shape index (κ1) is 18.2. The number of aryl methyl sites for hydroxylation is 2. The molecule has 0 radical (unpaired) electrons. The average Bonchev–Trinajstić information content (AvgIpc) is 3.20. The van der Waals surface area contributed by atoms with Crippen LogP contribution in [0.5, 0.6) is 0 Å². The minimum atomic E-state index is 0.0952. The SMILES string of the molecule is CCc1ccc(C(=O)N2CCN(c3ccc(-n4ccc(C)n4)nn3)CC2)cc1. The second-order valence-corrected chi connectivity index (χ2v) is 6.98. The Labute approximate surface area is 164 Å². The molecular weight excluding hydrogens is 352 g/mol. The summed E-state index contributed by atoms with van der Waals surface area (Å²) in [6, 6.07) is 13.7. The normalized spacial score (nSPS) is 14.4. The molecule has 1 aliphatic rings. The summed E-state index contributed by atoms with van der Waals surface area (Å²) in [7, 11) is 0. The van der Waals surface area contributed by atoms with Crippen molar-refractivity contribution in [1.82, 2.24) is 24.9 Å². The molecule has 0 atom stereocenters. The van der Waals surface area contributed by atoms with Gasteiger partial charge in [-0.2, -0.15) is 5.10 Å². The van der Waals surface area contributed by atoms with Gasteiger partial charge in [-0.1, -0.05) is 19.1 Å². The van der Waals surface area contributed by atoms with Crippen LogP contribution in [0.2, 0.25) is 0 Å². The van der Waals surface area contributed by atoms with E-state index in [1.165, 1.54) is 5.56 Å². The van der Waals surface area contributed by atoms with E-state index in [1.807, 2.05) is 60.5 Å². The summed E-state index contributed by atoms with van der Waals surface area (Å²) < 4.78 is 1.71. The van der Waals surface area contributed by atoms with E-state index in [9.17, 15) is 4.79 Å². The van der Waals surface area contributed by atoms with E-state index in [2.05, 4.69) is 27.1 Å². The third-order valence-corrected chi connectivity index (χ3v) is 5.09. The Morgan fingerprint density at radius 3 is 2.18 bits per heavy atom. The largest absolute Gasteiger partial charge is 0.352 e. The standard InChI is InChI=1S/C21H24N6O/c1-3-17-4-6-18(7-5-17)21(28)26-14-12-25(13-15-26)19-8-9-20(23-22-19)27-11-10-16(2)24-27/h4-11H,3,12-15H2,1-2H3. The molecule has 28 heavy (non-hydrogen) atoms. The van der Waals surface area contributed by atoms with Gasteiger partial charge < -0.3 is 9.80 Å². The molecule has 0 unspecified atom stereocenters.